The third-order valence-electron chi connectivity index (χ3n) is 19.6. The number of hydrogen-bond donors (Lipinski definition) is 8. The summed E-state index contributed by atoms with van der Waals surface area (Å²) >= 11 is 12.2. The van der Waals surface area contributed by atoms with E-state index < -0.39 is 12.3 Å². The van der Waals surface area contributed by atoms with Crippen molar-refractivity contribution in [1.82, 2.24) is 59.1 Å². The Morgan fingerprint density at radius 2 is 0.654 bits per heavy atom. The van der Waals surface area contributed by atoms with Crippen LogP contribution in [0.15, 0.2) is 315 Å². The van der Waals surface area contributed by atoms with Crippen LogP contribution < -0.4 is 52.0 Å². The first kappa shape index (κ1) is 89.0. The fourth-order valence-electron chi connectivity index (χ4n) is 12.8. The lowest BCUT2D eigenvalue weighted by Gasteiger charge is -2.12. The average Bonchev–Trinajstić information content (AvgIpc) is 1.69. The molecule has 0 spiro atoms. The molecule has 0 aliphatic heterocycles. The minimum atomic E-state index is -4.81. The third kappa shape index (κ3) is 24.4. The van der Waals surface area contributed by atoms with Crippen LogP contribution in [0.1, 0.15) is 112 Å². The molecule has 0 radical (unpaired) electrons. The number of amides is 4. The van der Waals surface area contributed by atoms with E-state index in [2.05, 4.69) is 87.6 Å². The number of nitrogens with zero attached hydrogens (tertiary/aromatic N) is 12. The Balaban J connectivity index is 0.000000145. The zero-order chi connectivity index (χ0) is 89.4. The van der Waals surface area contributed by atoms with Gasteiger partial charge in [0.25, 0.3) is 23.6 Å². The maximum atomic E-state index is 12.9. The van der Waals surface area contributed by atoms with Crippen LogP contribution in [0.2, 0.25) is 10.0 Å². The van der Waals surface area contributed by atoms with Gasteiger partial charge in [-0.25, -0.2) is 0 Å². The Hall–Kier alpha value is -15.8. The molecule has 2 atom stereocenters. The van der Waals surface area contributed by atoms with Gasteiger partial charge in [0.05, 0.1) is 41.9 Å². The van der Waals surface area contributed by atoms with Crippen molar-refractivity contribution in [2.45, 2.75) is 73.1 Å². The second kappa shape index (κ2) is 42.4. The van der Waals surface area contributed by atoms with Crippen molar-refractivity contribution >= 4 is 94.4 Å². The van der Waals surface area contributed by atoms with Crippen LogP contribution in [-0.4, -0.2) is 96.2 Å². The number of nitrogens with one attached hydrogen (secondary N) is 8. The molecule has 642 valence electrons. The minimum Gasteiger partial charge on any atom is -0.497 e. The summed E-state index contributed by atoms with van der Waals surface area (Å²) in [5, 5.41) is 43.7. The number of ether oxygens (including phenoxy) is 2. The quantitative estimate of drug-likeness (QED) is 0.0250. The van der Waals surface area contributed by atoms with E-state index >= 15 is 0 Å². The molecule has 0 saturated carbocycles. The largest absolute Gasteiger partial charge is 0.573 e. The third-order valence-corrected chi connectivity index (χ3v) is 20.2. The van der Waals surface area contributed by atoms with E-state index in [-0.39, 0.29) is 47.5 Å². The first-order valence-electron chi connectivity index (χ1n) is 40.0. The lowest BCUT2D eigenvalue weighted by Crippen LogP contribution is -2.17. The minimum absolute atomic E-state index is 0.0118. The van der Waals surface area contributed by atoms with Gasteiger partial charge in [-0.15, -0.1) is 33.6 Å². The highest BCUT2D eigenvalue weighted by molar-refractivity contribution is 6.31. The second-order valence-corrected chi connectivity index (χ2v) is 29.5. The zero-order valence-electron chi connectivity index (χ0n) is 69.8. The Bertz CT molecular complexity index is 6200. The van der Waals surface area contributed by atoms with Crippen molar-refractivity contribution in [2.75, 3.05) is 49.6 Å². The van der Waals surface area contributed by atoms with Crippen LogP contribution in [0.25, 0.3) is 22.7 Å². The fourth-order valence-corrected chi connectivity index (χ4v) is 13.2. The summed E-state index contributed by atoms with van der Waals surface area (Å²) in [6, 6.07) is 95.8. The Morgan fingerprint density at radius 1 is 0.354 bits per heavy atom. The predicted octanol–water partition coefficient (Wildman–Crippen LogP) is 21.1. The monoisotopic (exact) mass is 1740 g/mol. The van der Waals surface area contributed by atoms with E-state index in [4.69, 9.17) is 27.9 Å². The van der Waals surface area contributed by atoms with E-state index in [1.165, 1.54) is 16.8 Å². The number of carbonyl (C=O) groups excluding carboxylic acids is 4. The van der Waals surface area contributed by atoms with E-state index in [0.717, 1.165) is 79.5 Å². The molecule has 127 heavy (non-hydrogen) atoms. The van der Waals surface area contributed by atoms with Crippen LogP contribution in [0.3, 0.4) is 0 Å². The maximum Gasteiger partial charge on any atom is 0.573 e. The number of carbonyl (C=O) groups is 4. The lowest BCUT2D eigenvalue weighted by atomic mass is 10.1. The number of anilines is 8. The molecule has 4 aromatic heterocycles. The van der Waals surface area contributed by atoms with Gasteiger partial charge in [0.1, 0.15) is 11.5 Å². The van der Waals surface area contributed by atoms with Gasteiger partial charge in [0.15, 0.2) is 0 Å². The normalized spacial score (nSPS) is 11.3. The number of hydrogen-bond acceptors (Lipinski definition) is 18. The summed E-state index contributed by atoms with van der Waals surface area (Å²) in [5.41, 5.74) is 12.5. The number of aromatic nitrogens is 12. The smallest absolute Gasteiger partial charge is 0.497 e. The van der Waals surface area contributed by atoms with Gasteiger partial charge in [-0.1, -0.05) is 223 Å². The predicted molar refractivity (Wildman–Crippen MR) is 490 cm³/mol. The first-order chi connectivity index (χ1) is 61.5. The summed E-state index contributed by atoms with van der Waals surface area (Å²) in [7, 11) is 1.61. The second-order valence-electron chi connectivity index (χ2n) is 28.6. The number of rotatable bonds is 26. The van der Waals surface area contributed by atoms with Crippen LogP contribution in [0, 0.1) is 27.7 Å². The molecule has 0 fully saturated rings. The standard InChI is InChI=1S/C24H19ClF3N5O2.C24H22ClN5O2.2C24H23N5O/c1-15-4-2-3-5-20(15)21(34)30-23-31-22(29-14-16-6-8-17(25)9-7-16)32-33(23)18-10-12-19(13-11-18)35-24(26,27)28;1-16-7-3-5-9-20(16)22(31)27-24-28-23(26-15-17-8-4-6-10-21(17)25)29-30(24)18-11-13-19(32-2)14-12-18;2*1-17-11-9-10-16-21(17)22(30)26-24-27-23(25-18(2)19-12-5-3-6-13-19)28-29(24)20-14-7-4-8-15-20/h2-13H,14H2,1H3,(H2,29,30,31,32,34);3-14H,15H2,1-2H3,(H2,26,27,28,29,31);2*3-16,18H,1-2H3,(H2,25,26,27,28,30)/t;;2*18-/m..10/s1. The van der Waals surface area contributed by atoms with Crippen molar-refractivity contribution in [2.24, 2.45) is 0 Å². The van der Waals surface area contributed by atoms with E-state index in [1.807, 2.05) is 277 Å². The van der Waals surface area contributed by atoms with Gasteiger partial charge < -0.3 is 30.7 Å². The molecule has 16 rings (SSSR count). The number of alkyl halides is 3. The maximum absolute atomic E-state index is 12.9. The first-order valence-corrected chi connectivity index (χ1v) is 40.8. The summed E-state index contributed by atoms with van der Waals surface area (Å²) in [5.74, 6) is 1.77. The molecule has 12 aromatic carbocycles. The molecule has 4 heterocycles. The molecule has 0 unspecified atom stereocenters. The molecule has 0 bridgehead atoms. The van der Waals surface area contributed by atoms with Gasteiger partial charge in [-0.2, -0.15) is 38.7 Å². The van der Waals surface area contributed by atoms with Gasteiger partial charge in [0.2, 0.25) is 47.6 Å². The zero-order valence-corrected chi connectivity index (χ0v) is 71.3. The molecule has 0 aliphatic carbocycles. The Kier molecular flexibility index (Phi) is 29.7. The molecular formula is C96H87Cl2F3N20O6. The molecule has 26 nitrogen and oxygen atoms in total. The van der Waals surface area contributed by atoms with Crippen LogP contribution in [-0.2, 0) is 13.1 Å². The summed E-state index contributed by atoms with van der Waals surface area (Å²) in [6.07, 6.45) is -4.81. The van der Waals surface area contributed by atoms with Crippen molar-refractivity contribution < 1.29 is 41.8 Å². The lowest BCUT2D eigenvalue weighted by molar-refractivity contribution is -0.274. The highest BCUT2D eigenvalue weighted by Gasteiger charge is 2.31. The topological polar surface area (TPSA) is 306 Å². The van der Waals surface area contributed by atoms with Crippen LogP contribution in [0.5, 0.6) is 11.5 Å². The number of methoxy groups -OCH3 is 1. The van der Waals surface area contributed by atoms with E-state index in [9.17, 15) is 32.3 Å². The van der Waals surface area contributed by atoms with Crippen molar-refractivity contribution in [3.05, 3.63) is 392 Å². The molecular weight excluding hydrogens is 1660 g/mol. The molecule has 8 N–H and O–H groups in total. The highest BCUT2D eigenvalue weighted by Crippen LogP contribution is 2.30. The summed E-state index contributed by atoms with van der Waals surface area (Å²) in [4.78, 5) is 69.5. The summed E-state index contributed by atoms with van der Waals surface area (Å²) < 4.78 is 52.8. The van der Waals surface area contributed by atoms with E-state index in [0.29, 0.717) is 86.8 Å². The molecule has 16 aromatic rings. The Morgan fingerprint density at radius 3 is 1.00 bits per heavy atom. The average molecular weight is 1740 g/mol. The van der Waals surface area contributed by atoms with Gasteiger partial charge in [-0.05, 0) is 201 Å². The SMILES string of the molecule is COc1ccc(-n2nc(NCc3ccccc3Cl)nc2NC(=O)c2ccccc2C)cc1.Cc1ccccc1C(=O)Nc1nc(NCc2ccc(Cl)cc2)nn1-c1ccc(OC(F)(F)F)cc1.Cc1ccccc1C(=O)Nc1nc(N[C@@H](C)c2ccccc2)nn1-c1ccccc1.Cc1ccccc1C(=O)Nc1nc(N[C@H](C)c2ccccc2)nn1-c1ccccc1. The van der Waals surface area contributed by atoms with Crippen molar-refractivity contribution in [1.29, 1.82) is 0 Å². The van der Waals surface area contributed by atoms with Gasteiger partial charge in [-0.3, -0.25) is 40.4 Å². The summed E-state index contributed by atoms with van der Waals surface area (Å²) in [6.45, 7) is 12.4. The molecule has 4 amide bonds. The number of para-hydroxylation sites is 2. The van der Waals surface area contributed by atoms with Gasteiger partial charge >= 0.3 is 6.36 Å². The van der Waals surface area contributed by atoms with Crippen molar-refractivity contribution in [3.8, 4) is 34.2 Å². The molecule has 0 saturated heterocycles. The molecule has 31 heteroatoms. The molecule has 0 aliphatic rings. The van der Waals surface area contributed by atoms with Gasteiger partial charge in [0, 0.05) is 45.4 Å². The van der Waals surface area contributed by atoms with Crippen LogP contribution >= 0.6 is 23.2 Å². The van der Waals surface area contributed by atoms with Crippen LogP contribution in [0.4, 0.5) is 60.8 Å². The number of aryl methyl sites for hydroxylation is 4. The number of halogens is 5. The van der Waals surface area contributed by atoms with Crippen molar-refractivity contribution in [3.63, 3.8) is 0 Å². The number of benzene rings is 12. The Labute approximate surface area is 740 Å². The van der Waals surface area contributed by atoms with E-state index in [1.54, 1.807) is 76.6 Å². The highest BCUT2D eigenvalue weighted by atomic mass is 35.5. The fraction of sp³-hybridized carbons (Fsp3) is 0.125.